The van der Waals surface area contributed by atoms with Gasteiger partial charge < -0.3 is 0 Å². The lowest BCUT2D eigenvalue weighted by Gasteiger charge is -2.13. The highest BCUT2D eigenvalue weighted by atomic mass is 79.9. The molecule has 0 nitrogen and oxygen atoms in total. The van der Waals surface area contributed by atoms with E-state index in [2.05, 4.69) is 15.9 Å². The maximum Gasteiger partial charge on any atom is 0.123 e. The van der Waals surface area contributed by atoms with Crippen LogP contribution in [0.4, 0.5) is 4.39 Å². The van der Waals surface area contributed by atoms with Gasteiger partial charge in [-0.3, -0.25) is 0 Å². The predicted molar refractivity (Wildman–Crippen MR) is 78.0 cm³/mol. The van der Waals surface area contributed by atoms with Gasteiger partial charge in [0.2, 0.25) is 0 Å². The van der Waals surface area contributed by atoms with Gasteiger partial charge in [0, 0.05) is 9.85 Å². The quantitative estimate of drug-likeness (QED) is 0.656. The third kappa shape index (κ3) is 3.33. The van der Waals surface area contributed by atoms with Crippen molar-refractivity contribution in [1.82, 2.24) is 0 Å². The van der Waals surface area contributed by atoms with Gasteiger partial charge in [0.1, 0.15) is 5.82 Å². The van der Waals surface area contributed by atoms with Crippen molar-refractivity contribution in [2.75, 3.05) is 0 Å². The van der Waals surface area contributed by atoms with Crippen molar-refractivity contribution in [3.8, 4) is 0 Å². The molecule has 0 amide bonds. The van der Waals surface area contributed by atoms with Crippen molar-refractivity contribution >= 4 is 27.5 Å². The molecule has 0 radical (unpaired) electrons. The first-order chi connectivity index (χ1) is 8.56. The molecule has 1 atom stereocenters. The van der Waals surface area contributed by atoms with Crippen LogP contribution in [0.2, 0.25) is 5.02 Å². The van der Waals surface area contributed by atoms with E-state index in [1.54, 1.807) is 12.1 Å². The van der Waals surface area contributed by atoms with E-state index in [-0.39, 0.29) is 10.6 Å². The normalized spacial score (nSPS) is 12.4. The molecule has 0 aliphatic rings. The summed E-state index contributed by atoms with van der Waals surface area (Å²) in [6, 6.07) is 12.5. The van der Waals surface area contributed by atoms with Crippen LogP contribution in [0, 0.1) is 12.7 Å². The Balaban J connectivity index is 2.19. The maximum atomic E-state index is 13.1. The molecule has 0 spiro atoms. The lowest BCUT2D eigenvalue weighted by Crippen LogP contribution is -1.98. The fraction of sp³-hybridized carbons (Fsp3) is 0.200. The van der Waals surface area contributed by atoms with Gasteiger partial charge in [-0.05, 0) is 54.3 Å². The minimum absolute atomic E-state index is 0.163. The summed E-state index contributed by atoms with van der Waals surface area (Å²) in [5.41, 5.74) is 3.30. The highest BCUT2D eigenvalue weighted by Crippen LogP contribution is 2.30. The van der Waals surface area contributed by atoms with E-state index < -0.39 is 0 Å². The van der Waals surface area contributed by atoms with Crippen LogP contribution in [-0.2, 0) is 6.42 Å². The number of hydrogen-bond donors (Lipinski definition) is 0. The Morgan fingerprint density at radius 2 is 2.00 bits per heavy atom. The number of halogens is 3. The zero-order chi connectivity index (χ0) is 13.1. The molecule has 94 valence electrons. The molecule has 0 N–H and O–H groups in total. The molecular weight excluding hydrogens is 315 g/mol. The van der Waals surface area contributed by atoms with Crippen LogP contribution >= 0.6 is 27.5 Å². The van der Waals surface area contributed by atoms with Gasteiger partial charge in [0.25, 0.3) is 0 Å². The topological polar surface area (TPSA) is 0 Å². The molecule has 3 heteroatoms. The number of rotatable bonds is 3. The van der Waals surface area contributed by atoms with E-state index in [9.17, 15) is 4.39 Å². The lowest BCUT2D eigenvalue weighted by atomic mass is 10.0. The number of alkyl halides is 1. The van der Waals surface area contributed by atoms with Crippen LogP contribution in [0.25, 0.3) is 0 Å². The van der Waals surface area contributed by atoms with Crippen LogP contribution in [0.3, 0.4) is 0 Å². The van der Waals surface area contributed by atoms with E-state index in [1.807, 2.05) is 31.2 Å². The molecular formula is C15H13BrClF. The van der Waals surface area contributed by atoms with Crippen molar-refractivity contribution in [2.24, 2.45) is 0 Å². The highest BCUT2D eigenvalue weighted by molar-refractivity contribution is 9.09. The van der Waals surface area contributed by atoms with Crippen LogP contribution in [0.1, 0.15) is 21.5 Å². The SMILES string of the molecule is Cc1cc(Cl)ccc1C(Br)Cc1cccc(F)c1. The summed E-state index contributed by atoms with van der Waals surface area (Å²) in [7, 11) is 0. The van der Waals surface area contributed by atoms with Crippen LogP contribution < -0.4 is 0 Å². The molecule has 18 heavy (non-hydrogen) atoms. The fourth-order valence-corrected chi connectivity index (χ4v) is 3.09. The third-order valence-corrected chi connectivity index (χ3v) is 3.93. The Morgan fingerprint density at radius 3 is 2.67 bits per heavy atom. The van der Waals surface area contributed by atoms with Crippen LogP contribution in [0.15, 0.2) is 42.5 Å². The third-order valence-electron chi connectivity index (χ3n) is 2.87. The first-order valence-corrected chi connectivity index (χ1v) is 7.00. The molecule has 2 rings (SSSR count). The second-order valence-electron chi connectivity index (χ2n) is 4.30. The average molecular weight is 328 g/mol. The summed E-state index contributed by atoms with van der Waals surface area (Å²) in [6.07, 6.45) is 0.750. The Hall–Kier alpha value is -0.860. The van der Waals surface area contributed by atoms with Crippen LogP contribution in [0.5, 0.6) is 0 Å². The van der Waals surface area contributed by atoms with Gasteiger partial charge in [-0.25, -0.2) is 4.39 Å². The van der Waals surface area contributed by atoms with E-state index in [0.29, 0.717) is 0 Å². The molecule has 2 aromatic carbocycles. The van der Waals surface area contributed by atoms with Gasteiger partial charge in [0.05, 0.1) is 0 Å². The van der Waals surface area contributed by atoms with Gasteiger partial charge in [-0.1, -0.05) is 45.7 Å². The van der Waals surface area contributed by atoms with Crippen molar-refractivity contribution in [3.05, 3.63) is 70.0 Å². The predicted octanol–water partition coefficient (Wildman–Crippen LogP) is 5.47. The van der Waals surface area contributed by atoms with Gasteiger partial charge in [-0.15, -0.1) is 0 Å². The molecule has 0 aliphatic heterocycles. The Labute approximate surface area is 120 Å². The standard InChI is InChI=1S/C15H13BrClF/c1-10-7-12(17)5-6-14(10)15(16)9-11-3-2-4-13(18)8-11/h2-8,15H,9H2,1H3. The zero-order valence-corrected chi connectivity index (χ0v) is 12.3. The second-order valence-corrected chi connectivity index (χ2v) is 5.84. The molecule has 0 fully saturated rings. The fourth-order valence-electron chi connectivity index (χ4n) is 1.97. The smallest absolute Gasteiger partial charge is 0.123 e. The Bertz CT molecular complexity index is 554. The summed E-state index contributed by atoms with van der Waals surface area (Å²) >= 11 is 9.59. The minimum atomic E-state index is -0.194. The molecule has 1 unspecified atom stereocenters. The summed E-state index contributed by atoms with van der Waals surface area (Å²) in [5, 5.41) is 0.738. The van der Waals surface area contributed by atoms with Crippen LogP contribution in [-0.4, -0.2) is 0 Å². The van der Waals surface area contributed by atoms with E-state index in [4.69, 9.17) is 11.6 Å². The largest absolute Gasteiger partial charge is 0.207 e. The maximum absolute atomic E-state index is 13.1. The number of hydrogen-bond acceptors (Lipinski definition) is 0. The second kappa shape index (κ2) is 5.85. The zero-order valence-electron chi connectivity index (χ0n) is 9.96. The first kappa shape index (κ1) is 13.6. The molecule has 0 bridgehead atoms. The van der Waals surface area contributed by atoms with Gasteiger partial charge in [-0.2, -0.15) is 0 Å². The van der Waals surface area contributed by atoms with E-state index >= 15 is 0 Å². The Morgan fingerprint density at radius 1 is 1.22 bits per heavy atom. The number of aryl methyl sites for hydroxylation is 1. The summed E-state index contributed by atoms with van der Waals surface area (Å²) < 4.78 is 13.1. The van der Waals surface area contributed by atoms with Gasteiger partial charge in [0.15, 0.2) is 0 Å². The van der Waals surface area contributed by atoms with E-state index in [1.165, 1.54) is 11.6 Å². The Kier molecular flexibility index (Phi) is 4.41. The van der Waals surface area contributed by atoms with Gasteiger partial charge >= 0.3 is 0 Å². The lowest BCUT2D eigenvalue weighted by molar-refractivity contribution is 0.625. The minimum Gasteiger partial charge on any atom is -0.207 e. The van der Waals surface area contributed by atoms with E-state index in [0.717, 1.165) is 22.6 Å². The van der Waals surface area contributed by atoms with Crippen molar-refractivity contribution < 1.29 is 4.39 Å². The molecule has 0 aromatic heterocycles. The monoisotopic (exact) mass is 326 g/mol. The first-order valence-electron chi connectivity index (χ1n) is 5.71. The summed E-state index contributed by atoms with van der Waals surface area (Å²) in [5.74, 6) is -0.194. The molecule has 2 aromatic rings. The van der Waals surface area contributed by atoms with Crippen molar-refractivity contribution in [1.29, 1.82) is 0 Å². The molecule has 0 saturated heterocycles. The number of benzene rings is 2. The summed E-state index contributed by atoms with van der Waals surface area (Å²) in [4.78, 5) is 0.163. The highest BCUT2D eigenvalue weighted by Gasteiger charge is 2.11. The molecule has 0 saturated carbocycles. The average Bonchev–Trinajstić information content (AvgIpc) is 2.28. The molecule has 0 aliphatic carbocycles. The summed E-state index contributed by atoms with van der Waals surface area (Å²) in [6.45, 7) is 2.03. The van der Waals surface area contributed by atoms with Crippen molar-refractivity contribution in [2.45, 2.75) is 18.2 Å². The molecule has 0 heterocycles. The van der Waals surface area contributed by atoms with Crippen molar-refractivity contribution in [3.63, 3.8) is 0 Å².